The quantitative estimate of drug-likeness (QED) is 0.850. The summed E-state index contributed by atoms with van der Waals surface area (Å²) >= 11 is 5.74. The zero-order chi connectivity index (χ0) is 14.9. The van der Waals surface area contributed by atoms with Crippen LogP contribution in [0, 0.1) is 5.82 Å². The first kappa shape index (κ1) is 14.5. The molecule has 1 aromatic carbocycles. The molecule has 1 aliphatic rings. The van der Waals surface area contributed by atoms with E-state index in [2.05, 4.69) is 10.1 Å². The van der Waals surface area contributed by atoms with Crippen molar-refractivity contribution >= 4 is 11.6 Å². The molecule has 112 valence electrons. The summed E-state index contributed by atoms with van der Waals surface area (Å²) in [7, 11) is 0. The Morgan fingerprint density at radius 1 is 1.19 bits per heavy atom. The molecule has 1 saturated carbocycles. The van der Waals surface area contributed by atoms with Crippen LogP contribution in [0.15, 0.2) is 22.7 Å². The fourth-order valence-corrected chi connectivity index (χ4v) is 2.94. The van der Waals surface area contributed by atoms with Crippen molar-refractivity contribution in [3.8, 4) is 11.5 Å². The summed E-state index contributed by atoms with van der Waals surface area (Å²) in [5.41, 5.74) is 6.11. The predicted octanol–water partition coefficient (Wildman–Crippen LogP) is 4.04. The molecule has 1 aliphatic carbocycles. The van der Waals surface area contributed by atoms with Crippen LogP contribution in [0.2, 0.25) is 5.02 Å². The molecule has 0 radical (unpaired) electrons. The third-order valence-corrected chi connectivity index (χ3v) is 4.26. The second kappa shape index (κ2) is 5.73. The predicted molar refractivity (Wildman–Crippen MR) is 78.3 cm³/mol. The molecule has 0 aliphatic heterocycles. The topological polar surface area (TPSA) is 64.9 Å². The lowest BCUT2D eigenvalue weighted by atomic mass is 9.91. The number of aromatic nitrogens is 2. The van der Waals surface area contributed by atoms with Gasteiger partial charge in [0.2, 0.25) is 0 Å². The maximum atomic E-state index is 13.9. The van der Waals surface area contributed by atoms with Crippen molar-refractivity contribution in [1.29, 1.82) is 0 Å². The lowest BCUT2D eigenvalue weighted by Crippen LogP contribution is -2.37. The maximum Gasteiger partial charge on any atom is 0.260 e. The van der Waals surface area contributed by atoms with Gasteiger partial charge in [0.05, 0.1) is 11.1 Å². The molecule has 1 fully saturated rings. The Morgan fingerprint density at radius 3 is 2.57 bits per heavy atom. The van der Waals surface area contributed by atoms with Crippen LogP contribution in [0.5, 0.6) is 0 Å². The summed E-state index contributed by atoms with van der Waals surface area (Å²) in [6, 6.07) is 4.35. The number of hydrogen-bond donors (Lipinski definition) is 1. The maximum absolute atomic E-state index is 13.9. The molecule has 0 atom stereocenters. The SMILES string of the molecule is NC1(c2noc(-c3ccc(Cl)cc3F)n2)CCCCCC1. The zero-order valence-corrected chi connectivity index (χ0v) is 12.4. The zero-order valence-electron chi connectivity index (χ0n) is 11.6. The van der Waals surface area contributed by atoms with E-state index < -0.39 is 11.4 Å². The van der Waals surface area contributed by atoms with Crippen LogP contribution in [0.3, 0.4) is 0 Å². The molecule has 0 saturated heterocycles. The van der Waals surface area contributed by atoms with Gasteiger partial charge in [-0.1, -0.05) is 42.4 Å². The highest BCUT2D eigenvalue weighted by Crippen LogP contribution is 2.33. The highest BCUT2D eigenvalue weighted by Gasteiger charge is 2.33. The van der Waals surface area contributed by atoms with Gasteiger partial charge < -0.3 is 10.3 Å². The molecule has 0 bridgehead atoms. The molecule has 1 aromatic heterocycles. The van der Waals surface area contributed by atoms with Crippen LogP contribution in [0.4, 0.5) is 4.39 Å². The van der Waals surface area contributed by atoms with Crippen molar-refractivity contribution in [1.82, 2.24) is 10.1 Å². The lowest BCUT2D eigenvalue weighted by molar-refractivity contribution is 0.334. The highest BCUT2D eigenvalue weighted by molar-refractivity contribution is 6.30. The smallest absolute Gasteiger partial charge is 0.260 e. The van der Waals surface area contributed by atoms with Gasteiger partial charge in [-0.2, -0.15) is 4.98 Å². The number of nitrogens with two attached hydrogens (primary N) is 1. The second-order valence-corrected chi connectivity index (χ2v) is 6.05. The number of halogens is 2. The Morgan fingerprint density at radius 2 is 1.90 bits per heavy atom. The summed E-state index contributed by atoms with van der Waals surface area (Å²) < 4.78 is 19.1. The second-order valence-electron chi connectivity index (χ2n) is 5.62. The summed E-state index contributed by atoms with van der Waals surface area (Å²) in [4.78, 5) is 4.32. The summed E-state index contributed by atoms with van der Waals surface area (Å²) in [5, 5.41) is 4.31. The Bertz CT molecular complexity index is 636. The molecule has 6 heteroatoms. The summed E-state index contributed by atoms with van der Waals surface area (Å²) in [6.45, 7) is 0. The van der Waals surface area contributed by atoms with Crippen molar-refractivity contribution < 1.29 is 8.91 Å². The molecule has 4 nitrogen and oxygen atoms in total. The molecule has 2 N–H and O–H groups in total. The third kappa shape index (κ3) is 2.94. The van der Waals surface area contributed by atoms with E-state index in [0.717, 1.165) is 25.7 Å². The Kier molecular flexibility index (Phi) is 3.95. The van der Waals surface area contributed by atoms with Crippen LogP contribution in [-0.2, 0) is 5.54 Å². The molecule has 0 spiro atoms. The fourth-order valence-electron chi connectivity index (χ4n) is 2.78. The van der Waals surface area contributed by atoms with Gasteiger partial charge in [-0.15, -0.1) is 0 Å². The van der Waals surface area contributed by atoms with Crippen LogP contribution in [0.25, 0.3) is 11.5 Å². The van der Waals surface area contributed by atoms with Gasteiger partial charge >= 0.3 is 0 Å². The van der Waals surface area contributed by atoms with E-state index in [9.17, 15) is 4.39 Å². The fraction of sp³-hybridized carbons (Fsp3) is 0.467. The first-order chi connectivity index (χ1) is 10.1. The van der Waals surface area contributed by atoms with Gasteiger partial charge in [-0.25, -0.2) is 4.39 Å². The van der Waals surface area contributed by atoms with Gasteiger partial charge in [-0.3, -0.25) is 0 Å². The average molecular weight is 310 g/mol. The minimum atomic E-state index is -0.568. The van der Waals surface area contributed by atoms with Crippen molar-refractivity contribution in [2.45, 2.75) is 44.1 Å². The number of nitrogens with zero attached hydrogens (tertiary/aromatic N) is 2. The molecular weight excluding hydrogens is 293 g/mol. The van der Waals surface area contributed by atoms with Crippen molar-refractivity contribution in [2.75, 3.05) is 0 Å². The first-order valence-corrected chi connectivity index (χ1v) is 7.55. The van der Waals surface area contributed by atoms with Gasteiger partial charge in [0.15, 0.2) is 5.82 Å². The molecule has 21 heavy (non-hydrogen) atoms. The summed E-state index contributed by atoms with van der Waals surface area (Å²) in [5.74, 6) is 0.131. The van der Waals surface area contributed by atoms with Gasteiger partial charge in [0.1, 0.15) is 5.82 Å². The highest BCUT2D eigenvalue weighted by atomic mass is 35.5. The minimum Gasteiger partial charge on any atom is -0.334 e. The van der Waals surface area contributed by atoms with Crippen LogP contribution < -0.4 is 5.73 Å². The van der Waals surface area contributed by atoms with E-state index >= 15 is 0 Å². The van der Waals surface area contributed by atoms with Crippen LogP contribution in [0.1, 0.15) is 44.3 Å². The van der Waals surface area contributed by atoms with Gasteiger partial charge in [0.25, 0.3) is 5.89 Å². The number of benzene rings is 1. The Hall–Kier alpha value is -1.46. The van der Waals surface area contributed by atoms with Crippen molar-refractivity contribution in [2.24, 2.45) is 5.73 Å². The van der Waals surface area contributed by atoms with Crippen LogP contribution in [-0.4, -0.2) is 10.1 Å². The largest absolute Gasteiger partial charge is 0.334 e. The molecule has 0 unspecified atom stereocenters. The normalized spacial score (nSPS) is 18.4. The molecule has 3 rings (SSSR count). The van der Waals surface area contributed by atoms with Crippen molar-refractivity contribution in [3.05, 3.63) is 34.9 Å². The Balaban J connectivity index is 1.92. The monoisotopic (exact) mass is 309 g/mol. The van der Waals surface area contributed by atoms with E-state index in [1.807, 2.05) is 0 Å². The van der Waals surface area contributed by atoms with Gasteiger partial charge in [0, 0.05) is 5.02 Å². The lowest BCUT2D eigenvalue weighted by Gasteiger charge is -2.23. The van der Waals surface area contributed by atoms with Crippen LogP contribution >= 0.6 is 11.6 Å². The minimum absolute atomic E-state index is 0.147. The first-order valence-electron chi connectivity index (χ1n) is 7.17. The summed E-state index contributed by atoms with van der Waals surface area (Å²) in [6.07, 6.45) is 6.11. The van der Waals surface area contributed by atoms with E-state index in [1.165, 1.54) is 25.0 Å². The van der Waals surface area contributed by atoms with Gasteiger partial charge in [-0.05, 0) is 31.0 Å². The molecular formula is C15H17ClFN3O. The number of hydrogen-bond acceptors (Lipinski definition) is 4. The van der Waals surface area contributed by atoms with Crippen molar-refractivity contribution in [3.63, 3.8) is 0 Å². The standard InChI is InChI=1S/C15H17ClFN3O/c16-10-5-6-11(12(17)9-10)13-19-14(20-21-13)15(18)7-3-1-2-4-8-15/h5-6,9H,1-4,7-8,18H2. The molecule has 0 amide bonds. The van der Waals surface area contributed by atoms with E-state index in [4.69, 9.17) is 21.9 Å². The van der Waals surface area contributed by atoms with E-state index in [-0.39, 0.29) is 11.5 Å². The molecule has 2 aromatic rings. The van der Waals surface area contributed by atoms with E-state index in [1.54, 1.807) is 6.07 Å². The third-order valence-electron chi connectivity index (χ3n) is 4.03. The Labute approximate surface area is 127 Å². The number of rotatable bonds is 2. The molecule has 1 heterocycles. The van der Waals surface area contributed by atoms with E-state index in [0.29, 0.717) is 10.8 Å². The average Bonchev–Trinajstić information content (AvgIpc) is 2.83.